The van der Waals surface area contributed by atoms with Crippen molar-refractivity contribution in [2.45, 2.75) is 32.2 Å². The van der Waals surface area contributed by atoms with Gasteiger partial charge < -0.3 is 15.2 Å². The smallest absolute Gasteiger partial charge is 0.223 e. The highest BCUT2D eigenvalue weighted by molar-refractivity contribution is 5.86. The number of hydrogen-bond acceptors (Lipinski definition) is 3. The van der Waals surface area contributed by atoms with Gasteiger partial charge >= 0.3 is 0 Å². The molecule has 28 heavy (non-hydrogen) atoms. The Labute approximate surface area is 164 Å². The van der Waals surface area contributed by atoms with Crippen LogP contribution in [-0.4, -0.2) is 39.8 Å². The van der Waals surface area contributed by atoms with Gasteiger partial charge in [0.1, 0.15) is 0 Å². The number of rotatable bonds is 6. The van der Waals surface area contributed by atoms with Gasteiger partial charge in [0.25, 0.3) is 0 Å². The van der Waals surface area contributed by atoms with E-state index in [2.05, 4.69) is 27.4 Å². The van der Waals surface area contributed by atoms with Crippen LogP contribution in [0.5, 0.6) is 0 Å². The number of aromatic amines is 1. The molecule has 2 N–H and O–H groups in total. The molecule has 0 fully saturated rings. The molecule has 1 aliphatic heterocycles. The number of aromatic nitrogens is 2. The second-order valence-corrected chi connectivity index (χ2v) is 7.11. The number of H-pyrrole nitrogens is 1. The van der Waals surface area contributed by atoms with Gasteiger partial charge in [-0.2, -0.15) is 0 Å². The van der Waals surface area contributed by atoms with Crippen molar-refractivity contribution in [3.05, 3.63) is 65.6 Å². The first-order valence-corrected chi connectivity index (χ1v) is 9.73. The van der Waals surface area contributed by atoms with Crippen LogP contribution in [0.15, 0.2) is 48.7 Å². The van der Waals surface area contributed by atoms with E-state index in [1.54, 1.807) is 6.20 Å². The summed E-state index contributed by atoms with van der Waals surface area (Å²) in [5.74, 6) is -0.0585. The Balaban J connectivity index is 1.24. The van der Waals surface area contributed by atoms with E-state index in [1.807, 2.05) is 35.2 Å². The number of pyridine rings is 1. The van der Waals surface area contributed by atoms with Crippen molar-refractivity contribution in [1.29, 1.82) is 0 Å². The number of hydrogen-bond donors (Lipinski definition) is 2. The third-order valence-corrected chi connectivity index (χ3v) is 5.23. The van der Waals surface area contributed by atoms with Crippen molar-refractivity contribution in [3.63, 3.8) is 0 Å². The van der Waals surface area contributed by atoms with Gasteiger partial charge in [-0.1, -0.05) is 24.3 Å². The van der Waals surface area contributed by atoms with Crippen LogP contribution in [0.2, 0.25) is 0 Å². The average Bonchev–Trinajstić information content (AvgIpc) is 3.10. The van der Waals surface area contributed by atoms with Crippen molar-refractivity contribution in [3.8, 4) is 0 Å². The molecule has 0 aliphatic carbocycles. The van der Waals surface area contributed by atoms with E-state index in [1.165, 1.54) is 10.9 Å². The second-order valence-electron chi connectivity index (χ2n) is 7.11. The molecule has 3 heterocycles. The number of benzene rings is 1. The summed E-state index contributed by atoms with van der Waals surface area (Å²) in [6, 6.07) is 14.0. The first-order valence-electron chi connectivity index (χ1n) is 9.73. The molecule has 0 unspecified atom stereocenters. The van der Waals surface area contributed by atoms with Crippen molar-refractivity contribution < 1.29 is 9.59 Å². The first-order chi connectivity index (χ1) is 13.7. The first kappa shape index (κ1) is 18.2. The highest BCUT2D eigenvalue weighted by Gasteiger charge is 2.23. The predicted molar refractivity (Wildman–Crippen MR) is 108 cm³/mol. The number of para-hydroxylation sites is 1. The Bertz CT molecular complexity index is 981. The van der Waals surface area contributed by atoms with Gasteiger partial charge in [-0.3, -0.25) is 14.6 Å². The molecule has 1 aliphatic rings. The average molecular weight is 376 g/mol. The van der Waals surface area contributed by atoms with Gasteiger partial charge in [0.2, 0.25) is 11.8 Å². The maximum atomic E-state index is 12.5. The zero-order chi connectivity index (χ0) is 19.3. The highest BCUT2D eigenvalue weighted by atomic mass is 16.2. The van der Waals surface area contributed by atoms with Crippen molar-refractivity contribution in [2.24, 2.45) is 0 Å². The molecule has 144 valence electrons. The minimum Gasteiger partial charge on any atom is -0.357 e. The van der Waals surface area contributed by atoms with Crippen molar-refractivity contribution >= 4 is 22.7 Å². The minimum atomic E-state index is -0.0902. The Hall–Kier alpha value is -3.15. The number of nitrogens with zero attached hydrogens (tertiary/aromatic N) is 2. The molecule has 2 aromatic heterocycles. The van der Waals surface area contributed by atoms with Crippen LogP contribution >= 0.6 is 0 Å². The molecule has 0 radical (unpaired) electrons. The Morgan fingerprint density at radius 3 is 2.82 bits per heavy atom. The number of fused-ring (bicyclic) bond motifs is 3. The fraction of sp³-hybridized carbons (Fsp3) is 0.318. The summed E-state index contributed by atoms with van der Waals surface area (Å²) in [5.41, 5.74) is 4.49. The normalized spacial score (nSPS) is 13.4. The quantitative estimate of drug-likeness (QED) is 0.694. The van der Waals surface area contributed by atoms with Gasteiger partial charge in [-0.25, -0.2) is 0 Å². The molecule has 6 heteroatoms. The van der Waals surface area contributed by atoms with E-state index < -0.39 is 0 Å². The summed E-state index contributed by atoms with van der Waals surface area (Å²) in [7, 11) is 0. The van der Waals surface area contributed by atoms with Crippen LogP contribution in [0.3, 0.4) is 0 Å². The van der Waals surface area contributed by atoms with E-state index in [-0.39, 0.29) is 24.7 Å². The van der Waals surface area contributed by atoms with Gasteiger partial charge in [0, 0.05) is 60.8 Å². The van der Waals surface area contributed by atoms with Crippen molar-refractivity contribution in [2.75, 3.05) is 13.1 Å². The lowest BCUT2D eigenvalue weighted by atomic mass is 10.0. The lowest BCUT2D eigenvalue weighted by Crippen LogP contribution is -2.36. The van der Waals surface area contributed by atoms with E-state index in [0.29, 0.717) is 26.1 Å². The number of amides is 2. The van der Waals surface area contributed by atoms with E-state index in [4.69, 9.17) is 0 Å². The van der Waals surface area contributed by atoms with Gasteiger partial charge in [-0.05, 0) is 30.2 Å². The molecule has 0 saturated heterocycles. The van der Waals surface area contributed by atoms with Crippen LogP contribution in [0, 0.1) is 0 Å². The number of nitrogens with one attached hydrogen (secondary N) is 2. The third kappa shape index (κ3) is 4.06. The lowest BCUT2D eigenvalue weighted by molar-refractivity contribution is -0.134. The Morgan fingerprint density at radius 1 is 1.11 bits per heavy atom. The molecule has 3 aromatic rings. The minimum absolute atomic E-state index is 0.0317. The fourth-order valence-corrected chi connectivity index (χ4v) is 3.75. The predicted octanol–water partition coefficient (Wildman–Crippen LogP) is 2.59. The largest absolute Gasteiger partial charge is 0.357 e. The molecule has 0 atom stereocenters. The summed E-state index contributed by atoms with van der Waals surface area (Å²) in [6.45, 7) is 1.82. The molecule has 2 amide bonds. The van der Waals surface area contributed by atoms with E-state index >= 15 is 0 Å². The molecule has 4 rings (SSSR count). The number of carbonyl (C=O) groups excluding carboxylic acids is 2. The van der Waals surface area contributed by atoms with Crippen LogP contribution in [0.4, 0.5) is 0 Å². The Morgan fingerprint density at radius 2 is 1.96 bits per heavy atom. The maximum Gasteiger partial charge on any atom is 0.223 e. The summed E-state index contributed by atoms with van der Waals surface area (Å²) < 4.78 is 0. The molecular weight excluding hydrogens is 352 g/mol. The molecule has 0 bridgehead atoms. The van der Waals surface area contributed by atoms with E-state index in [0.717, 1.165) is 23.3 Å². The fourth-order valence-electron chi connectivity index (χ4n) is 3.75. The molecule has 1 aromatic carbocycles. The summed E-state index contributed by atoms with van der Waals surface area (Å²) in [5, 5.41) is 4.11. The van der Waals surface area contributed by atoms with E-state index in [9.17, 15) is 9.59 Å². The summed E-state index contributed by atoms with van der Waals surface area (Å²) in [4.78, 5) is 34.1. The molecule has 6 nitrogen and oxygen atoms in total. The van der Waals surface area contributed by atoms with Crippen molar-refractivity contribution in [1.82, 2.24) is 20.2 Å². The Kier molecular flexibility index (Phi) is 5.37. The lowest BCUT2D eigenvalue weighted by Gasteiger charge is -2.27. The SMILES string of the molecule is O=C(CCC(=O)N1CCc2c([nH]c3ccccc23)C1)NCCc1ccccn1. The molecular formula is C22H24N4O2. The van der Waals surface area contributed by atoms with Gasteiger partial charge in [0.05, 0.1) is 6.54 Å². The van der Waals surface area contributed by atoms with Crippen LogP contribution < -0.4 is 5.32 Å². The monoisotopic (exact) mass is 376 g/mol. The third-order valence-electron chi connectivity index (χ3n) is 5.23. The maximum absolute atomic E-state index is 12.5. The summed E-state index contributed by atoms with van der Waals surface area (Å²) >= 11 is 0. The van der Waals surface area contributed by atoms with Crippen LogP contribution in [0.25, 0.3) is 10.9 Å². The molecule has 0 saturated carbocycles. The molecule has 0 spiro atoms. The number of carbonyl (C=O) groups is 2. The van der Waals surface area contributed by atoms with Crippen LogP contribution in [-0.2, 0) is 29.0 Å². The van der Waals surface area contributed by atoms with Gasteiger partial charge in [-0.15, -0.1) is 0 Å². The highest BCUT2D eigenvalue weighted by Crippen LogP contribution is 2.27. The summed E-state index contributed by atoms with van der Waals surface area (Å²) in [6.07, 6.45) is 3.74. The standard InChI is InChI=1S/C22H24N4O2/c27-21(24-13-10-16-5-3-4-12-23-16)8-9-22(28)26-14-11-18-17-6-1-2-7-19(17)25-20(18)15-26/h1-7,12,25H,8-11,13-15H2,(H,24,27). The second kappa shape index (κ2) is 8.25. The zero-order valence-corrected chi connectivity index (χ0v) is 15.8. The van der Waals surface area contributed by atoms with Gasteiger partial charge in [0.15, 0.2) is 0 Å². The zero-order valence-electron chi connectivity index (χ0n) is 15.8. The topological polar surface area (TPSA) is 78.1 Å². The van der Waals surface area contributed by atoms with Crippen LogP contribution in [0.1, 0.15) is 29.8 Å².